The molecule has 30 heavy (non-hydrogen) atoms. The first kappa shape index (κ1) is 17.6. The number of fused-ring (bicyclic) bond motifs is 2. The highest BCUT2D eigenvalue weighted by Crippen LogP contribution is 2.33. The Morgan fingerprint density at radius 3 is 2.80 bits per heavy atom. The number of anilines is 1. The molecule has 1 saturated heterocycles. The van der Waals surface area contributed by atoms with Gasteiger partial charge >= 0.3 is 0 Å². The molecule has 0 radical (unpaired) electrons. The van der Waals surface area contributed by atoms with E-state index in [0.29, 0.717) is 12.5 Å². The van der Waals surface area contributed by atoms with Crippen LogP contribution in [0.4, 0.5) is 5.69 Å². The number of hydrogen-bond donors (Lipinski definition) is 0. The molecule has 0 atom stereocenters. The van der Waals surface area contributed by atoms with E-state index in [2.05, 4.69) is 38.4 Å². The van der Waals surface area contributed by atoms with E-state index in [-0.39, 0.29) is 0 Å². The first-order chi connectivity index (χ1) is 14.8. The van der Waals surface area contributed by atoms with Crippen LogP contribution < -0.4 is 4.90 Å². The van der Waals surface area contributed by atoms with E-state index in [4.69, 9.17) is 14.1 Å². The maximum absolute atomic E-state index is 6.16. The van der Waals surface area contributed by atoms with Gasteiger partial charge in [-0.3, -0.25) is 0 Å². The molecule has 8 nitrogen and oxygen atoms in total. The summed E-state index contributed by atoms with van der Waals surface area (Å²) in [6.45, 7) is 3.11. The fourth-order valence-electron chi connectivity index (χ4n) is 4.34. The summed E-state index contributed by atoms with van der Waals surface area (Å²) in [4.78, 5) is 7.18. The zero-order chi connectivity index (χ0) is 19.9. The summed E-state index contributed by atoms with van der Waals surface area (Å²) in [6, 6.07) is 12.3. The molecule has 2 aliphatic heterocycles. The molecule has 5 heterocycles. The minimum Gasteiger partial charge on any atom is -0.445 e. The van der Waals surface area contributed by atoms with Crippen molar-refractivity contribution < 1.29 is 9.15 Å². The van der Waals surface area contributed by atoms with Gasteiger partial charge in [0.2, 0.25) is 5.65 Å². The SMILES string of the molecule is c1ccc(-c2cc(N3CCc4oc(C5CCOCC5)nc4C3)c3nncn3n2)cc1. The monoisotopic (exact) mass is 402 g/mol. The molecule has 1 aromatic carbocycles. The molecule has 8 heteroatoms. The Morgan fingerprint density at radius 1 is 1.07 bits per heavy atom. The molecule has 3 aromatic heterocycles. The van der Waals surface area contributed by atoms with Crippen molar-refractivity contribution in [2.45, 2.75) is 31.7 Å². The van der Waals surface area contributed by atoms with Crippen LogP contribution in [0.2, 0.25) is 0 Å². The summed E-state index contributed by atoms with van der Waals surface area (Å²) in [6.07, 6.45) is 4.44. The third-order valence-corrected chi connectivity index (χ3v) is 5.97. The van der Waals surface area contributed by atoms with E-state index in [0.717, 1.165) is 79.0 Å². The van der Waals surface area contributed by atoms with Crippen LogP contribution in [0.3, 0.4) is 0 Å². The van der Waals surface area contributed by atoms with Gasteiger partial charge in [0, 0.05) is 37.7 Å². The lowest BCUT2D eigenvalue weighted by Gasteiger charge is -2.27. The van der Waals surface area contributed by atoms with Crippen LogP contribution in [0.1, 0.15) is 36.1 Å². The molecular weight excluding hydrogens is 380 g/mol. The number of aromatic nitrogens is 5. The largest absolute Gasteiger partial charge is 0.445 e. The number of nitrogens with zero attached hydrogens (tertiary/aromatic N) is 6. The summed E-state index contributed by atoms with van der Waals surface area (Å²) < 4.78 is 13.4. The number of ether oxygens (including phenoxy) is 1. The van der Waals surface area contributed by atoms with E-state index in [9.17, 15) is 0 Å². The van der Waals surface area contributed by atoms with E-state index >= 15 is 0 Å². The zero-order valence-electron chi connectivity index (χ0n) is 16.6. The zero-order valence-corrected chi connectivity index (χ0v) is 16.6. The molecule has 0 N–H and O–H groups in total. The maximum Gasteiger partial charge on any atom is 0.200 e. The van der Waals surface area contributed by atoms with Gasteiger partial charge in [-0.1, -0.05) is 30.3 Å². The number of benzene rings is 1. The first-order valence-electron chi connectivity index (χ1n) is 10.4. The number of rotatable bonds is 3. The average Bonchev–Trinajstić information content (AvgIpc) is 3.46. The minimum atomic E-state index is 0.367. The maximum atomic E-state index is 6.16. The van der Waals surface area contributed by atoms with Crippen LogP contribution >= 0.6 is 0 Å². The number of oxazole rings is 1. The van der Waals surface area contributed by atoms with Crippen molar-refractivity contribution in [3.05, 3.63) is 60.1 Å². The second-order valence-corrected chi connectivity index (χ2v) is 7.86. The van der Waals surface area contributed by atoms with Crippen molar-refractivity contribution in [1.82, 2.24) is 24.8 Å². The molecule has 2 aliphatic rings. The summed E-state index contributed by atoms with van der Waals surface area (Å²) in [5.41, 5.74) is 4.76. The molecule has 0 spiro atoms. The Balaban J connectivity index is 1.35. The molecule has 6 rings (SSSR count). The van der Waals surface area contributed by atoms with Crippen LogP contribution in [0.5, 0.6) is 0 Å². The van der Waals surface area contributed by atoms with Gasteiger partial charge in [0.1, 0.15) is 17.8 Å². The first-order valence-corrected chi connectivity index (χ1v) is 10.4. The molecule has 0 bridgehead atoms. The number of hydrogen-bond acceptors (Lipinski definition) is 7. The average molecular weight is 402 g/mol. The van der Waals surface area contributed by atoms with Gasteiger partial charge in [0.05, 0.1) is 17.9 Å². The molecule has 0 saturated carbocycles. The Bertz CT molecular complexity index is 1180. The van der Waals surface area contributed by atoms with Crippen molar-refractivity contribution in [2.24, 2.45) is 0 Å². The van der Waals surface area contributed by atoms with Gasteiger partial charge in [-0.15, -0.1) is 10.2 Å². The van der Waals surface area contributed by atoms with Gasteiger partial charge in [-0.2, -0.15) is 9.61 Å². The minimum absolute atomic E-state index is 0.367. The van der Waals surface area contributed by atoms with Crippen molar-refractivity contribution in [3.63, 3.8) is 0 Å². The van der Waals surface area contributed by atoms with Crippen LogP contribution in [-0.2, 0) is 17.7 Å². The fraction of sp³-hybridized carbons (Fsp3) is 0.364. The third-order valence-electron chi connectivity index (χ3n) is 5.97. The summed E-state index contributed by atoms with van der Waals surface area (Å²) in [5.74, 6) is 2.26. The Labute approximate surface area is 173 Å². The van der Waals surface area contributed by atoms with E-state index in [1.54, 1.807) is 10.8 Å². The van der Waals surface area contributed by atoms with Gasteiger partial charge in [0.25, 0.3) is 0 Å². The lowest BCUT2D eigenvalue weighted by molar-refractivity contribution is 0.0791. The van der Waals surface area contributed by atoms with Crippen molar-refractivity contribution >= 4 is 11.3 Å². The van der Waals surface area contributed by atoms with Crippen LogP contribution in [0.25, 0.3) is 16.9 Å². The standard InChI is InChI=1S/C22H22N6O2/c1-2-4-15(5-3-1)17-12-19(21-25-23-14-28(21)26-17)27-9-6-20-18(13-27)24-22(30-20)16-7-10-29-11-8-16/h1-5,12,14,16H,6-11,13H2. The normalized spacial score (nSPS) is 17.4. The Hall–Kier alpha value is -3.26. The Morgan fingerprint density at radius 2 is 1.93 bits per heavy atom. The van der Waals surface area contributed by atoms with Gasteiger partial charge in [-0.25, -0.2) is 4.98 Å². The predicted octanol–water partition coefficient (Wildman–Crippen LogP) is 3.24. The summed E-state index contributed by atoms with van der Waals surface area (Å²) in [7, 11) is 0. The molecule has 0 aliphatic carbocycles. The van der Waals surface area contributed by atoms with Crippen molar-refractivity contribution in [1.29, 1.82) is 0 Å². The van der Waals surface area contributed by atoms with Crippen molar-refractivity contribution in [2.75, 3.05) is 24.7 Å². The predicted molar refractivity (Wildman–Crippen MR) is 110 cm³/mol. The highest BCUT2D eigenvalue weighted by Gasteiger charge is 2.28. The molecule has 4 aromatic rings. The van der Waals surface area contributed by atoms with Gasteiger partial charge in [0.15, 0.2) is 5.89 Å². The smallest absolute Gasteiger partial charge is 0.200 e. The van der Waals surface area contributed by atoms with Crippen LogP contribution in [0, 0.1) is 0 Å². The molecular formula is C22H22N6O2. The lowest BCUT2D eigenvalue weighted by atomic mass is 10.0. The van der Waals surface area contributed by atoms with Gasteiger partial charge in [-0.05, 0) is 18.9 Å². The quantitative estimate of drug-likeness (QED) is 0.520. The fourth-order valence-corrected chi connectivity index (χ4v) is 4.34. The molecule has 0 amide bonds. The van der Waals surface area contributed by atoms with Crippen molar-refractivity contribution in [3.8, 4) is 11.3 Å². The second-order valence-electron chi connectivity index (χ2n) is 7.86. The van der Waals surface area contributed by atoms with Crippen LogP contribution in [0.15, 0.2) is 47.1 Å². The molecule has 152 valence electrons. The summed E-state index contributed by atoms with van der Waals surface area (Å²) >= 11 is 0. The third kappa shape index (κ3) is 3.04. The van der Waals surface area contributed by atoms with Gasteiger partial charge < -0.3 is 14.1 Å². The topological polar surface area (TPSA) is 81.6 Å². The summed E-state index contributed by atoms with van der Waals surface area (Å²) in [5, 5.41) is 13.1. The second kappa shape index (κ2) is 7.21. The van der Waals surface area contributed by atoms with Crippen LogP contribution in [-0.4, -0.2) is 44.6 Å². The highest BCUT2D eigenvalue weighted by molar-refractivity contribution is 5.74. The lowest BCUT2D eigenvalue weighted by Crippen LogP contribution is -2.30. The van der Waals surface area contributed by atoms with E-state index in [1.807, 2.05) is 18.2 Å². The molecule has 1 fully saturated rings. The molecule has 0 unspecified atom stereocenters. The van der Waals surface area contributed by atoms with E-state index < -0.39 is 0 Å². The Kier molecular flexibility index (Phi) is 4.23. The highest BCUT2D eigenvalue weighted by atomic mass is 16.5. The van der Waals surface area contributed by atoms with E-state index in [1.165, 1.54) is 0 Å².